The normalized spacial score (nSPS) is 14.3. The van der Waals surface area contributed by atoms with Crippen molar-refractivity contribution >= 4 is 27.6 Å². The van der Waals surface area contributed by atoms with Crippen molar-refractivity contribution < 1.29 is 17.9 Å². The van der Waals surface area contributed by atoms with E-state index < -0.39 is 22.6 Å². The topological polar surface area (TPSA) is 87.5 Å². The number of carbonyl (C=O) groups excluding carboxylic acids is 1. The van der Waals surface area contributed by atoms with Crippen molar-refractivity contribution in [2.45, 2.75) is 17.9 Å². The van der Waals surface area contributed by atoms with Gasteiger partial charge >= 0.3 is 5.97 Å². The standard InChI is InChI=1S/C18H15ClN2O4S/c19-17-6-5-15(11-16(17)18(22)25-10-8-20)26(23,24)21-9-7-13-3-1-2-4-14(13)12-21/h1-6,11H,7,9-10,12H2. The zero-order valence-corrected chi connectivity index (χ0v) is 15.3. The zero-order chi connectivity index (χ0) is 18.7. The second kappa shape index (κ2) is 7.46. The molecule has 134 valence electrons. The molecule has 0 aromatic heterocycles. The van der Waals surface area contributed by atoms with Crippen LogP contribution in [0, 0.1) is 11.3 Å². The van der Waals surface area contributed by atoms with Crippen molar-refractivity contribution in [2.24, 2.45) is 0 Å². The molecule has 1 heterocycles. The van der Waals surface area contributed by atoms with Crippen LogP contribution in [-0.4, -0.2) is 31.8 Å². The summed E-state index contributed by atoms with van der Waals surface area (Å²) in [6.07, 6.45) is 0.625. The highest BCUT2D eigenvalue weighted by molar-refractivity contribution is 7.89. The molecule has 2 aromatic carbocycles. The van der Waals surface area contributed by atoms with Crippen molar-refractivity contribution in [1.82, 2.24) is 4.31 Å². The van der Waals surface area contributed by atoms with Crippen LogP contribution in [-0.2, 0) is 27.7 Å². The van der Waals surface area contributed by atoms with Crippen LogP contribution in [0.15, 0.2) is 47.4 Å². The number of halogens is 1. The van der Waals surface area contributed by atoms with Crippen LogP contribution in [0.5, 0.6) is 0 Å². The molecule has 0 amide bonds. The number of hydrogen-bond acceptors (Lipinski definition) is 5. The molecule has 0 bridgehead atoms. The largest absolute Gasteiger partial charge is 0.447 e. The zero-order valence-electron chi connectivity index (χ0n) is 13.7. The molecule has 0 aliphatic carbocycles. The third-order valence-corrected chi connectivity index (χ3v) is 6.33. The summed E-state index contributed by atoms with van der Waals surface area (Å²) in [6, 6.07) is 13.3. The minimum atomic E-state index is -3.80. The molecular weight excluding hydrogens is 376 g/mol. The Morgan fingerprint density at radius 3 is 2.69 bits per heavy atom. The molecule has 6 nitrogen and oxygen atoms in total. The number of benzene rings is 2. The van der Waals surface area contributed by atoms with Gasteiger partial charge in [-0.15, -0.1) is 0 Å². The summed E-state index contributed by atoms with van der Waals surface area (Å²) in [6.45, 7) is 0.195. The number of hydrogen-bond donors (Lipinski definition) is 0. The summed E-state index contributed by atoms with van der Waals surface area (Å²) in [5.41, 5.74) is 2.01. The fraction of sp³-hybridized carbons (Fsp3) is 0.222. The van der Waals surface area contributed by atoms with Gasteiger partial charge in [0.25, 0.3) is 0 Å². The highest BCUT2D eigenvalue weighted by atomic mass is 35.5. The molecule has 0 fully saturated rings. The molecule has 1 aliphatic heterocycles. The Labute approximate surface area is 156 Å². The van der Waals surface area contributed by atoms with Crippen molar-refractivity contribution in [1.29, 1.82) is 5.26 Å². The fourth-order valence-corrected chi connectivity index (χ4v) is 4.46. The monoisotopic (exact) mass is 390 g/mol. The van der Waals surface area contributed by atoms with E-state index in [4.69, 9.17) is 21.6 Å². The molecular formula is C18H15ClN2O4S. The maximum Gasteiger partial charge on any atom is 0.340 e. The fourth-order valence-electron chi connectivity index (χ4n) is 2.82. The van der Waals surface area contributed by atoms with Gasteiger partial charge < -0.3 is 4.74 Å². The molecule has 2 aromatic rings. The Morgan fingerprint density at radius 1 is 1.23 bits per heavy atom. The molecule has 0 unspecified atom stereocenters. The number of carbonyl (C=O) groups is 1. The van der Waals surface area contributed by atoms with Crippen molar-refractivity contribution in [3.8, 4) is 6.07 Å². The molecule has 0 saturated heterocycles. The summed E-state index contributed by atoms with van der Waals surface area (Å²) >= 11 is 5.98. The van der Waals surface area contributed by atoms with E-state index in [9.17, 15) is 13.2 Å². The first kappa shape index (κ1) is 18.4. The van der Waals surface area contributed by atoms with Crippen LogP contribution < -0.4 is 0 Å². The Bertz CT molecular complexity index is 998. The Morgan fingerprint density at radius 2 is 1.96 bits per heavy atom. The van der Waals surface area contributed by atoms with Gasteiger partial charge in [-0.3, -0.25) is 0 Å². The first-order chi connectivity index (χ1) is 12.4. The van der Waals surface area contributed by atoms with Crippen molar-refractivity contribution in [3.05, 3.63) is 64.2 Å². The van der Waals surface area contributed by atoms with Crippen molar-refractivity contribution in [2.75, 3.05) is 13.2 Å². The lowest BCUT2D eigenvalue weighted by molar-refractivity contribution is 0.0555. The van der Waals surface area contributed by atoms with Crippen LogP contribution >= 0.6 is 11.6 Å². The van der Waals surface area contributed by atoms with E-state index in [-0.39, 0.29) is 22.0 Å². The van der Waals surface area contributed by atoms with E-state index >= 15 is 0 Å². The van der Waals surface area contributed by atoms with Gasteiger partial charge in [-0.1, -0.05) is 35.9 Å². The van der Waals surface area contributed by atoms with E-state index in [0.717, 1.165) is 11.1 Å². The number of rotatable bonds is 4. The predicted molar refractivity (Wildman–Crippen MR) is 95.1 cm³/mol. The smallest absolute Gasteiger partial charge is 0.340 e. The second-order valence-corrected chi connectivity index (χ2v) is 8.08. The Kier molecular flexibility index (Phi) is 5.28. The van der Waals surface area contributed by atoms with Gasteiger partial charge in [-0.2, -0.15) is 9.57 Å². The third kappa shape index (κ3) is 3.58. The number of ether oxygens (including phenoxy) is 1. The number of nitrogens with zero attached hydrogens (tertiary/aromatic N) is 2. The minimum Gasteiger partial charge on any atom is -0.447 e. The van der Waals surface area contributed by atoms with E-state index in [1.165, 1.54) is 22.5 Å². The van der Waals surface area contributed by atoms with Crippen LogP contribution in [0.3, 0.4) is 0 Å². The molecule has 3 rings (SSSR count). The van der Waals surface area contributed by atoms with Crippen LogP contribution in [0.2, 0.25) is 5.02 Å². The minimum absolute atomic E-state index is 0.0369. The molecule has 0 radical (unpaired) electrons. The number of sulfonamides is 1. The van der Waals surface area contributed by atoms with E-state index in [1.807, 2.05) is 24.3 Å². The number of fused-ring (bicyclic) bond motifs is 1. The maximum absolute atomic E-state index is 13.0. The summed E-state index contributed by atoms with van der Waals surface area (Å²) in [5.74, 6) is -0.836. The summed E-state index contributed by atoms with van der Waals surface area (Å²) in [4.78, 5) is 11.9. The Hall–Kier alpha value is -2.40. The molecule has 0 N–H and O–H groups in total. The predicted octanol–water partition coefficient (Wildman–Crippen LogP) is 2.77. The van der Waals surface area contributed by atoms with Gasteiger partial charge in [0.05, 0.1) is 15.5 Å². The van der Waals surface area contributed by atoms with Gasteiger partial charge in [0.15, 0.2) is 6.61 Å². The summed E-state index contributed by atoms with van der Waals surface area (Å²) < 4.78 is 32.1. The van der Waals surface area contributed by atoms with Gasteiger partial charge in [-0.25, -0.2) is 13.2 Å². The van der Waals surface area contributed by atoms with Crippen LogP contribution in [0.25, 0.3) is 0 Å². The van der Waals surface area contributed by atoms with Crippen molar-refractivity contribution in [3.63, 3.8) is 0 Å². The number of nitriles is 1. The molecule has 0 atom stereocenters. The highest BCUT2D eigenvalue weighted by Crippen LogP contribution is 2.27. The van der Waals surface area contributed by atoms with E-state index in [1.54, 1.807) is 6.07 Å². The maximum atomic E-state index is 13.0. The molecule has 26 heavy (non-hydrogen) atoms. The average molecular weight is 391 g/mol. The number of esters is 1. The SMILES string of the molecule is N#CCOC(=O)c1cc(S(=O)(=O)N2CCc3ccccc3C2)ccc1Cl. The lowest BCUT2D eigenvalue weighted by Crippen LogP contribution is -2.36. The summed E-state index contributed by atoms with van der Waals surface area (Å²) in [7, 11) is -3.80. The van der Waals surface area contributed by atoms with Crippen LogP contribution in [0.1, 0.15) is 21.5 Å². The lowest BCUT2D eigenvalue weighted by Gasteiger charge is -2.28. The Balaban J connectivity index is 1.91. The van der Waals surface area contributed by atoms with E-state index in [2.05, 4.69) is 0 Å². The van der Waals surface area contributed by atoms with Gasteiger partial charge in [0.1, 0.15) is 6.07 Å². The van der Waals surface area contributed by atoms with Gasteiger partial charge in [-0.05, 0) is 35.7 Å². The van der Waals surface area contributed by atoms with E-state index in [0.29, 0.717) is 13.0 Å². The molecule has 0 saturated carbocycles. The molecule has 0 spiro atoms. The van der Waals surface area contributed by atoms with Gasteiger partial charge in [0.2, 0.25) is 10.0 Å². The quantitative estimate of drug-likeness (QED) is 0.749. The molecule has 1 aliphatic rings. The average Bonchev–Trinajstić information content (AvgIpc) is 2.65. The van der Waals surface area contributed by atoms with Gasteiger partial charge in [0, 0.05) is 13.1 Å². The summed E-state index contributed by atoms with van der Waals surface area (Å²) in [5, 5.41) is 8.57. The molecule has 8 heteroatoms. The first-order valence-electron chi connectivity index (χ1n) is 7.84. The highest BCUT2D eigenvalue weighted by Gasteiger charge is 2.29. The first-order valence-corrected chi connectivity index (χ1v) is 9.66. The third-order valence-electron chi connectivity index (χ3n) is 4.16. The second-order valence-electron chi connectivity index (χ2n) is 5.73. The lowest BCUT2D eigenvalue weighted by atomic mass is 10.0. The van der Waals surface area contributed by atoms with Crippen LogP contribution in [0.4, 0.5) is 0 Å².